The van der Waals surface area contributed by atoms with Gasteiger partial charge >= 0.3 is 0 Å². The largest absolute Gasteiger partial charge is 0.398 e. The van der Waals surface area contributed by atoms with Gasteiger partial charge in [0, 0.05) is 13.2 Å². The Balaban J connectivity index is 2.36. The molecule has 21 heavy (non-hydrogen) atoms. The van der Waals surface area contributed by atoms with Gasteiger partial charge in [-0.05, 0) is 24.3 Å². The Morgan fingerprint density at radius 2 is 2.00 bits per heavy atom. The zero-order valence-electron chi connectivity index (χ0n) is 11.0. The quantitative estimate of drug-likeness (QED) is 0.729. The fraction of sp³-hybridized carbons (Fsp3) is 0.0833. The van der Waals surface area contributed by atoms with Crippen molar-refractivity contribution >= 4 is 38.9 Å². The molecule has 0 aliphatic heterocycles. The van der Waals surface area contributed by atoms with Crippen LogP contribution in [-0.4, -0.2) is 18.9 Å². The summed E-state index contributed by atoms with van der Waals surface area (Å²) in [6.07, 6.45) is 1.29. The molecule has 0 aliphatic carbocycles. The molecule has 0 spiro atoms. The normalized spacial score (nSPS) is 11.3. The van der Waals surface area contributed by atoms with E-state index >= 15 is 0 Å². The highest BCUT2D eigenvalue weighted by atomic mass is 35.5. The first kappa shape index (κ1) is 15.2. The Morgan fingerprint density at radius 1 is 1.33 bits per heavy atom. The van der Waals surface area contributed by atoms with Crippen LogP contribution >= 0.6 is 11.6 Å². The number of nitrogens with two attached hydrogens (primary N) is 2. The average Bonchev–Trinajstić information content (AvgIpc) is 2.77. The molecule has 7 nitrogen and oxygen atoms in total. The SMILES string of the molecule is Cn1cc(S(=O)(=O)Nc2ccc(N)c(Cl)c2)cc1C(N)=O. The molecule has 112 valence electrons. The van der Waals surface area contributed by atoms with Gasteiger partial charge in [-0.2, -0.15) is 0 Å². The molecule has 9 heteroatoms. The Morgan fingerprint density at radius 3 is 2.52 bits per heavy atom. The second-order valence-corrected chi connectivity index (χ2v) is 6.47. The van der Waals surface area contributed by atoms with Crippen LogP contribution in [0.4, 0.5) is 11.4 Å². The van der Waals surface area contributed by atoms with E-state index in [1.54, 1.807) is 0 Å². The number of benzene rings is 1. The zero-order valence-corrected chi connectivity index (χ0v) is 12.6. The number of carbonyl (C=O) groups is 1. The first-order valence-electron chi connectivity index (χ1n) is 5.75. The maximum Gasteiger partial charge on any atom is 0.265 e. The molecule has 2 aromatic rings. The van der Waals surface area contributed by atoms with Crippen LogP contribution in [0, 0.1) is 0 Å². The van der Waals surface area contributed by atoms with Gasteiger partial charge in [0.15, 0.2) is 0 Å². The van der Waals surface area contributed by atoms with Gasteiger partial charge in [-0.25, -0.2) is 8.42 Å². The lowest BCUT2D eigenvalue weighted by atomic mass is 10.3. The third-order valence-electron chi connectivity index (χ3n) is 2.80. The van der Waals surface area contributed by atoms with E-state index in [1.807, 2.05) is 0 Å². The minimum absolute atomic E-state index is 0.0771. The Hall–Kier alpha value is -2.19. The second-order valence-electron chi connectivity index (χ2n) is 4.38. The van der Waals surface area contributed by atoms with E-state index in [9.17, 15) is 13.2 Å². The number of nitrogens with zero attached hydrogens (tertiary/aromatic N) is 1. The summed E-state index contributed by atoms with van der Waals surface area (Å²) in [5.41, 5.74) is 11.4. The van der Waals surface area contributed by atoms with E-state index < -0.39 is 15.9 Å². The summed E-state index contributed by atoms with van der Waals surface area (Å²) in [5.74, 6) is -0.713. The minimum atomic E-state index is -3.86. The number of carbonyl (C=O) groups excluding carboxylic acids is 1. The van der Waals surface area contributed by atoms with E-state index in [0.29, 0.717) is 5.69 Å². The summed E-state index contributed by atoms with van der Waals surface area (Å²) in [6, 6.07) is 5.56. The lowest BCUT2D eigenvalue weighted by Crippen LogP contribution is -2.14. The number of halogens is 1. The van der Waals surface area contributed by atoms with Crippen molar-refractivity contribution in [1.29, 1.82) is 0 Å². The van der Waals surface area contributed by atoms with E-state index in [4.69, 9.17) is 23.1 Å². The number of anilines is 2. The molecular weight excluding hydrogens is 316 g/mol. The number of nitrogens with one attached hydrogen (secondary N) is 1. The topological polar surface area (TPSA) is 120 Å². The molecule has 0 atom stereocenters. The summed E-state index contributed by atoms with van der Waals surface area (Å²) in [4.78, 5) is 11.1. The summed E-state index contributed by atoms with van der Waals surface area (Å²) in [6.45, 7) is 0. The number of primary amides is 1. The molecule has 1 aromatic carbocycles. The van der Waals surface area contributed by atoms with Crippen LogP contribution in [0.2, 0.25) is 5.02 Å². The summed E-state index contributed by atoms with van der Waals surface area (Å²) < 4.78 is 28.2. The number of rotatable bonds is 4. The zero-order chi connectivity index (χ0) is 15.8. The Bertz CT molecular complexity index is 814. The van der Waals surface area contributed by atoms with E-state index in [1.165, 1.54) is 42.1 Å². The average molecular weight is 329 g/mol. The van der Waals surface area contributed by atoms with Gasteiger partial charge in [-0.3, -0.25) is 9.52 Å². The van der Waals surface area contributed by atoms with Crippen molar-refractivity contribution in [3.05, 3.63) is 41.2 Å². The van der Waals surface area contributed by atoms with Crippen LogP contribution in [-0.2, 0) is 17.1 Å². The summed E-state index contributed by atoms with van der Waals surface area (Å²) >= 11 is 5.83. The molecule has 0 radical (unpaired) electrons. The number of amides is 1. The van der Waals surface area contributed by atoms with E-state index in [2.05, 4.69) is 4.72 Å². The summed E-state index contributed by atoms with van der Waals surface area (Å²) in [7, 11) is -2.33. The number of sulfonamides is 1. The fourth-order valence-corrected chi connectivity index (χ4v) is 3.03. The number of hydrogen-bond donors (Lipinski definition) is 3. The van der Waals surface area contributed by atoms with Crippen LogP contribution in [0.15, 0.2) is 35.4 Å². The predicted octanol–water partition coefficient (Wildman–Crippen LogP) is 1.16. The van der Waals surface area contributed by atoms with Crippen LogP contribution < -0.4 is 16.2 Å². The van der Waals surface area contributed by atoms with Crippen molar-refractivity contribution in [2.75, 3.05) is 10.5 Å². The molecule has 1 amide bonds. The molecule has 1 aromatic heterocycles. The third-order valence-corrected chi connectivity index (χ3v) is 4.47. The van der Waals surface area contributed by atoms with Crippen molar-refractivity contribution < 1.29 is 13.2 Å². The van der Waals surface area contributed by atoms with Crippen molar-refractivity contribution in [2.45, 2.75) is 4.90 Å². The minimum Gasteiger partial charge on any atom is -0.398 e. The molecular formula is C12H13ClN4O3S. The van der Waals surface area contributed by atoms with Gasteiger partial charge in [0.1, 0.15) is 10.6 Å². The monoisotopic (exact) mass is 328 g/mol. The smallest absolute Gasteiger partial charge is 0.265 e. The van der Waals surface area contributed by atoms with Gasteiger partial charge in [-0.15, -0.1) is 0 Å². The number of hydrogen-bond acceptors (Lipinski definition) is 4. The Kier molecular flexibility index (Phi) is 3.84. The third kappa shape index (κ3) is 3.11. The van der Waals surface area contributed by atoms with E-state index in [-0.39, 0.29) is 21.3 Å². The molecule has 2 rings (SSSR count). The number of aromatic nitrogens is 1. The molecule has 1 heterocycles. The molecule has 0 saturated carbocycles. The van der Waals surface area contributed by atoms with Gasteiger partial charge in [-0.1, -0.05) is 11.6 Å². The first-order valence-corrected chi connectivity index (χ1v) is 7.61. The molecule has 0 aliphatic rings. The van der Waals surface area contributed by atoms with Gasteiger partial charge < -0.3 is 16.0 Å². The highest BCUT2D eigenvalue weighted by Crippen LogP contribution is 2.25. The van der Waals surface area contributed by atoms with Crippen molar-refractivity contribution in [3.63, 3.8) is 0 Å². The van der Waals surface area contributed by atoms with E-state index in [0.717, 1.165) is 0 Å². The second kappa shape index (κ2) is 5.30. The van der Waals surface area contributed by atoms with Crippen LogP contribution in [0.1, 0.15) is 10.5 Å². The highest BCUT2D eigenvalue weighted by molar-refractivity contribution is 7.92. The predicted molar refractivity (Wildman–Crippen MR) is 80.6 cm³/mol. The molecule has 0 fully saturated rings. The highest BCUT2D eigenvalue weighted by Gasteiger charge is 2.19. The Labute approximate surface area is 126 Å². The number of nitrogen functional groups attached to an aromatic ring is 1. The first-order chi connectivity index (χ1) is 9.70. The van der Waals surface area contributed by atoms with Crippen LogP contribution in [0.25, 0.3) is 0 Å². The van der Waals surface area contributed by atoms with Crippen molar-refractivity contribution in [1.82, 2.24) is 4.57 Å². The van der Waals surface area contributed by atoms with Gasteiger partial charge in [0.25, 0.3) is 15.9 Å². The number of aryl methyl sites for hydroxylation is 1. The van der Waals surface area contributed by atoms with Gasteiger partial charge in [0.05, 0.1) is 16.4 Å². The van der Waals surface area contributed by atoms with Crippen molar-refractivity contribution in [2.24, 2.45) is 12.8 Å². The molecule has 0 bridgehead atoms. The lowest BCUT2D eigenvalue weighted by Gasteiger charge is -2.07. The maximum absolute atomic E-state index is 12.2. The van der Waals surface area contributed by atoms with Crippen LogP contribution in [0.3, 0.4) is 0 Å². The fourth-order valence-electron chi connectivity index (χ4n) is 1.73. The lowest BCUT2D eigenvalue weighted by molar-refractivity contribution is 0.0992. The van der Waals surface area contributed by atoms with Gasteiger partial charge in [0.2, 0.25) is 0 Å². The molecule has 0 saturated heterocycles. The maximum atomic E-state index is 12.2. The summed E-state index contributed by atoms with van der Waals surface area (Å²) in [5, 5.41) is 0.237. The van der Waals surface area contributed by atoms with Crippen LogP contribution in [0.5, 0.6) is 0 Å². The standard InChI is InChI=1S/C12H13ClN4O3S/c1-17-6-8(5-11(17)12(15)18)21(19,20)16-7-2-3-10(14)9(13)4-7/h2-6,16H,14H2,1H3,(H2,15,18). The molecule has 0 unspecified atom stereocenters. The molecule has 5 N–H and O–H groups in total. The van der Waals surface area contributed by atoms with Crippen molar-refractivity contribution in [3.8, 4) is 0 Å².